The summed E-state index contributed by atoms with van der Waals surface area (Å²) in [6.07, 6.45) is 7.49. The topological polar surface area (TPSA) is 56.2 Å². The second kappa shape index (κ2) is 5.91. The number of hydrogen-bond acceptors (Lipinski definition) is 2. The number of aromatic nitrogens is 2. The number of nitrogens with two attached hydrogens (primary N) is 1. The predicted molar refractivity (Wildman–Crippen MR) is 94.0 cm³/mol. The first-order valence-corrected chi connectivity index (χ1v) is 8.20. The Morgan fingerprint density at radius 1 is 1.38 bits per heavy atom. The van der Waals surface area contributed by atoms with Crippen LogP contribution in [0.1, 0.15) is 24.0 Å². The number of rotatable bonds is 4. The van der Waals surface area contributed by atoms with Crippen molar-refractivity contribution < 1.29 is 4.39 Å². The molecule has 0 bridgehead atoms. The molecule has 0 aliphatic heterocycles. The first-order valence-electron chi connectivity index (χ1n) is 7.82. The summed E-state index contributed by atoms with van der Waals surface area (Å²) in [4.78, 5) is 8.47. The highest BCUT2D eigenvalue weighted by atomic mass is 35.5. The molecule has 2 N–H and O–H groups in total. The van der Waals surface area contributed by atoms with Gasteiger partial charge in [0, 0.05) is 33.9 Å². The van der Waals surface area contributed by atoms with E-state index in [1.54, 1.807) is 18.5 Å². The maximum atomic E-state index is 14.6. The van der Waals surface area contributed by atoms with Crippen LogP contribution >= 0.6 is 11.6 Å². The van der Waals surface area contributed by atoms with E-state index in [0.29, 0.717) is 28.5 Å². The normalized spacial score (nSPS) is 15.2. The summed E-state index contributed by atoms with van der Waals surface area (Å²) in [5, 5.41) is 1.41. The maximum absolute atomic E-state index is 14.6. The second-order valence-electron chi connectivity index (χ2n) is 6.04. The van der Waals surface area contributed by atoms with E-state index < -0.39 is 0 Å². The highest BCUT2D eigenvalue weighted by molar-refractivity contribution is 6.31. The number of benzene rings is 1. The molecule has 0 unspecified atom stereocenters. The Bertz CT molecular complexity index is 920. The Morgan fingerprint density at radius 3 is 2.96 bits per heavy atom. The van der Waals surface area contributed by atoms with Crippen molar-refractivity contribution in [2.75, 3.05) is 0 Å². The van der Waals surface area contributed by atoms with Gasteiger partial charge in [-0.25, -0.2) is 4.39 Å². The first kappa shape index (κ1) is 15.1. The highest BCUT2D eigenvalue weighted by Crippen LogP contribution is 2.27. The van der Waals surface area contributed by atoms with Crippen LogP contribution in [0.4, 0.5) is 4.39 Å². The molecule has 1 saturated carbocycles. The van der Waals surface area contributed by atoms with E-state index >= 15 is 0 Å². The van der Waals surface area contributed by atoms with Crippen LogP contribution in [0, 0.1) is 5.82 Å². The van der Waals surface area contributed by atoms with Crippen molar-refractivity contribution in [1.29, 1.82) is 0 Å². The summed E-state index contributed by atoms with van der Waals surface area (Å²) in [7, 11) is 0. The third kappa shape index (κ3) is 2.87. The largest absolute Gasteiger partial charge is 0.383 e. The predicted octanol–water partition coefficient (Wildman–Crippen LogP) is 3.74. The van der Waals surface area contributed by atoms with Gasteiger partial charge in [-0.05, 0) is 37.1 Å². The van der Waals surface area contributed by atoms with Gasteiger partial charge in [0.2, 0.25) is 0 Å². The van der Waals surface area contributed by atoms with Crippen molar-refractivity contribution in [3.63, 3.8) is 0 Å². The quantitative estimate of drug-likeness (QED) is 0.580. The van der Waals surface area contributed by atoms with Gasteiger partial charge in [0.25, 0.3) is 0 Å². The van der Waals surface area contributed by atoms with Crippen molar-refractivity contribution in [1.82, 2.24) is 9.55 Å². The summed E-state index contributed by atoms with van der Waals surface area (Å²) in [6.45, 7) is 0.333. The molecule has 4 rings (SSSR count). The third-order valence-electron chi connectivity index (χ3n) is 4.21. The number of aliphatic imine (C=N–C) groups is 1. The fourth-order valence-electron chi connectivity index (χ4n) is 2.71. The molecule has 122 valence electrons. The summed E-state index contributed by atoms with van der Waals surface area (Å²) < 4.78 is 16.5. The van der Waals surface area contributed by atoms with E-state index in [1.807, 2.05) is 22.9 Å². The van der Waals surface area contributed by atoms with Crippen LogP contribution in [0.5, 0.6) is 0 Å². The molecule has 0 spiro atoms. The summed E-state index contributed by atoms with van der Waals surface area (Å²) in [6, 6.07) is 7.27. The average molecular weight is 343 g/mol. The molecule has 0 saturated heterocycles. The van der Waals surface area contributed by atoms with Crippen molar-refractivity contribution in [2.45, 2.75) is 25.4 Å². The van der Waals surface area contributed by atoms with Crippen molar-refractivity contribution in [3.05, 3.63) is 64.8 Å². The van der Waals surface area contributed by atoms with Crippen LogP contribution in [0.15, 0.2) is 47.8 Å². The summed E-state index contributed by atoms with van der Waals surface area (Å²) in [5.74, 6) is -0.0300. The van der Waals surface area contributed by atoms with Gasteiger partial charge in [0.05, 0.1) is 24.3 Å². The minimum atomic E-state index is -0.378. The third-order valence-corrected chi connectivity index (χ3v) is 4.55. The van der Waals surface area contributed by atoms with Crippen molar-refractivity contribution >= 4 is 28.3 Å². The second-order valence-corrected chi connectivity index (χ2v) is 6.45. The first-order chi connectivity index (χ1) is 11.6. The molecule has 1 fully saturated rings. The van der Waals surface area contributed by atoms with E-state index in [4.69, 9.17) is 17.3 Å². The number of amidine groups is 1. The zero-order valence-electron chi connectivity index (χ0n) is 12.9. The molecule has 1 aliphatic rings. The Labute approximate surface area is 143 Å². The Balaban J connectivity index is 1.68. The minimum absolute atomic E-state index is 0.283. The number of hydrogen-bond donors (Lipinski definition) is 1. The lowest BCUT2D eigenvalue weighted by Crippen LogP contribution is -2.15. The SMILES string of the molecule is NC(=NC1CC1)c1cc(F)c(Cn2ccc3ccncc32)c(Cl)c1. The molecular formula is C18H16ClFN4. The molecular weight excluding hydrogens is 327 g/mol. The van der Waals surface area contributed by atoms with Gasteiger partial charge >= 0.3 is 0 Å². The van der Waals surface area contributed by atoms with E-state index in [2.05, 4.69) is 9.98 Å². The van der Waals surface area contributed by atoms with Crippen LogP contribution in [0.2, 0.25) is 5.02 Å². The molecule has 6 heteroatoms. The number of nitrogens with zero attached hydrogens (tertiary/aromatic N) is 3. The molecule has 0 radical (unpaired) electrons. The average Bonchev–Trinajstić information content (AvgIpc) is 3.29. The lowest BCUT2D eigenvalue weighted by molar-refractivity contribution is 0.602. The van der Waals surface area contributed by atoms with Crippen LogP contribution in [-0.2, 0) is 6.54 Å². The zero-order valence-corrected chi connectivity index (χ0v) is 13.7. The molecule has 1 aromatic carbocycles. The van der Waals surface area contributed by atoms with E-state index in [-0.39, 0.29) is 11.9 Å². The van der Waals surface area contributed by atoms with Crippen molar-refractivity contribution in [3.8, 4) is 0 Å². The highest BCUT2D eigenvalue weighted by Gasteiger charge is 2.21. The van der Waals surface area contributed by atoms with Gasteiger partial charge in [-0.15, -0.1) is 0 Å². The van der Waals surface area contributed by atoms with Gasteiger partial charge in [0.15, 0.2) is 0 Å². The molecule has 2 heterocycles. The van der Waals surface area contributed by atoms with Crippen LogP contribution in [-0.4, -0.2) is 21.4 Å². The van der Waals surface area contributed by atoms with Crippen LogP contribution in [0.25, 0.3) is 10.9 Å². The summed E-state index contributed by atoms with van der Waals surface area (Å²) >= 11 is 6.32. The molecule has 3 aromatic rings. The lowest BCUT2D eigenvalue weighted by atomic mass is 10.1. The Hall–Kier alpha value is -2.40. The maximum Gasteiger partial charge on any atom is 0.130 e. The molecule has 24 heavy (non-hydrogen) atoms. The fraction of sp³-hybridized carbons (Fsp3) is 0.222. The molecule has 0 atom stereocenters. The number of fused-ring (bicyclic) bond motifs is 1. The lowest BCUT2D eigenvalue weighted by Gasteiger charge is -2.11. The number of halogens is 2. The van der Waals surface area contributed by atoms with E-state index in [9.17, 15) is 4.39 Å². The smallest absolute Gasteiger partial charge is 0.130 e. The fourth-order valence-corrected chi connectivity index (χ4v) is 2.98. The standard InChI is InChI=1S/C18H16ClFN4/c19-15-7-12(18(21)23-13-1-2-13)8-16(20)14(15)10-24-6-4-11-3-5-22-9-17(11)24/h3-9,13H,1-2,10H2,(H2,21,23). The van der Waals surface area contributed by atoms with Gasteiger partial charge < -0.3 is 10.3 Å². The van der Waals surface area contributed by atoms with Crippen LogP contribution < -0.4 is 5.73 Å². The number of pyridine rings is 1. The monoisotopic (exact) mass is 342 g/mol. The van der Waals surface area contributed by atoms with Gasteiger partial charge in [-0.3, -0.25) is 9.98 Å². The molecule has 1 aliphatic carbocycles. The van der Waals surface area contributed by atoms with Gasteiger partial charge in [-0.2, -0.15) is 0 Å². The van der Waals surface area contributed by atoms with E-state index in [0.717, 1.165) is 23.7 Å². The van der Waals surface area contributed by atoms with Crippen molar-refractivity contribution in [2.24, 2.45) is 10.7 Å². The van der Waals surface area contributed by atoms with E-state index in [1.165, 1.54) is 6.07 Å². The molecule has 4 nitrogen and oxygen atoms in total. The minimum Gasteiger partial charge on any atom is -0.383 e. The molecule has 0 amide bonds. The molecule has 2 aromatic heterocycles. The van der Waals surface area contributed by atoms with Crippen LogP contribution in [0.3, 0.4) is 0 Å². The Morgan fingerprint density at radius 2 is 2.21 bits per heavy atom. The Kier molecular flexibility index (Phi) is 3.73. The van der Waals surface area contributed by atoms with Gasteiger partial charge in [-0.1, -0.05) is 11.6 Å². The van der Waals surface area contributed by atoms with Gasteiger partial charge in [0.1, 0.15) is 11.7 Å². The zero-order chi connectivity index (χ0) is 16.7. The summed E-state index contributed by atoms with van der Waals surface area (Å²) in [5.41, 5.74) is 7.85.